The Labute approximate surface area is 94.1 Å². The molecule has 1 rings (SSSR count). The van der Waals surface area contributed by atoms with E-state index < -0.39 is 11.7 Å². The average Bonchev–Trinajstić information content (AvgIpc) is 2.28. The van der Waals surface area contributed by atoms with Gasteiger partial charge >= 0.3 is 0 Å². The van der Waals surface area contributed by atoms with Gasteiger partial charge in [0.1, 0.15) is 0 Å². The first-order chi connectivity index (χ1) is 7.38. The Morgan fingerprint density at radius 2 is 1.75 bits per heavy atom. The maximum absolute atomic E-state index is 11.3. The number of carbonyl (C=O) groups excluding carboxylic acids is 2. The van der Waals surface area contributed by atoms with Crippen molar-refractivity contribution < 1.29 is 14.7 Å². The Hall–Kier alpha value is -1.68. The third kappa shape index (κ3) is 2.46. The number of aliphatic hydroxyl groups is 1. The molecule has 16 heavy (non-hydrogen) atoms. The quantitative estimate of drug-likeness (QED) is 0.578. The zero-order valence-corrected chi connectivity index (χ0v) is 9.36. The van der Waals surface area contributed by atoms with Gasteiger partial charge in [-0.3, -0.25) is 9.59 Å². The van der Waals surface area contributed by atoms with E-state index in [-0.39, 0.29) is 17.6 Å². The summed E-state index contributed by atoms with van der Waals surface area (Å²) in [6.45, 7) is 3.78. The number of hydrogen-bond donors (Lipinski definition) is 2. The lowest BCUT2D eigenvalue weighted by Gasteiger charge is -2.22. The SMILES string of the molecule is CC(C)(CO)c1ccc(C(=O)C(N)=O)cc1. The zero-order chi connectivity index (χ0) is 12.3. The van der Waals surface area contributed by atoms with Crippen molar-refractivity contribution in [2.75, 3.05) is 6.61 Å². The second-order valence-corrected chi connectivity index (χ2v) is 4.31. The van der Waals surface area contributed by atoms with Gasteiger partial charge < -0.3 is 10.8 Å². The Balaban J connectivity index is 3.00. The minimum absolute atomic E-state index is 0.0100. The van der Waals surface area contributed by atoms with Crippen molar-refractivity contribution in [3.8, 4) is 0 Å². The van der Waals surface area contributed by atoms with Crippen LogP contribution >= 0.6 is 0 Å². The van der Waals surface area contributed by atoms with Crippen LogP contribution in [-0.4, -0.2) is 23.4 Å². The van der Waals surface area contributed by atoms with E-state index in [1.165, 1.54) is 0 Å². The summed E-state index contributed by atoms with van der Waals surface area (Å²) < 4.78 is 0. The summed E-state index contributed by atoms with van der Waals surface area (Å²) in [6, 6.07) is 6.51. The monoisotopic (exact) mass is 221 g/mol. The van der Waals surface area contributed by atoms with E-state index in [1.54, 1.807) is 24.3 Å². The predicted molar refractivity (Wildman–Crippen MR) is 60.1 cm³/mol. The molecule has 0 aliphatic carbocycles. The molecule has 0 spiro atoms. The zero-order valence-electron chi connectivity index (χ0n) is 9.36. The molecule has 1 amide bonds. The van der Waals surface area contributed by atoms with E-state index in [9.17, 15) is 14.7 Å². The summed E-state index contributed by atoms with van der Waals surface area (Å²) in [5, 5.41) is 9.17. The summed E-state index contributed by atoms with van der Waals surface area (Å²) in [5.74, 6) is -1.66. The van der Waals surface area contributed by atoms with Gasteiger partial charge in [-0.1, -0.05) is 38.1 Å². The lowest BCUT2D eigenvalue weighted by molar-refractivity contribution is -0.114. The van der Waals surface area contributed by atoms with Crippen LogP contribution in [0.2, 0.25) is 0 Å². The van der Waals surface area contributed by atoms with Crippen molar-refractivity contribution in [1.82, 2.24) is 0 Å². The molecule has 0 unspecified atom stereocenters. The Morgan fingerprint density at radius 3 is 2.12 bits per heavy atom. The predicted octanol–water partition coefficient (Wildman–Crippen LogP) is 0.624. The number of primary amides is 1. The number of ketones is 1. The number of Topliss-reactive ketones (excluding diaryl/α,β-unsaturated/α-hetero) is 1. The van der Waals surface area contributed by atoms with Gasteiger partial charge in [0.15, 0.2) is 0 Å². The van der Waals surface area contributed by atoms with Crippen molar-refractivity contribution in [2.24, 2.45) is 5.73 Å². The van der Waals surface area contributed by atoms with Crippen LogP contribution in [0.4, 0.5) is 0 Å². The van der Waals surface area contributed by atoms with Gasteiger partial charge in [-0.25, -0.2) is 0 Å². The number of hydrogen-bond acceptors (Lipinski definition) is 3. The van der Waals surface area contributed by atoms with Gasteiger partial charge in [-0.05, 0) is 5.56 Å². The summed E-state index contributed by atoms with van der Waals surface area (Å²) >= 11 is 0. The minimum Gasteiger partial charge on any atom is -0.395 e. The van der Waals surface area contributed by atoms with Crippen molar-refractivity contribution in [3.05, 3.63) is 35.4 Å². The Morgan fingerprint density at radius 1 is 1.25 bits per heavy atom. The van der Waals surface area contributed by atoms with Gasteiger partial charge in [0, 0.05) is 11.0 Å². The Bertz CT molecular complexity index is 407. The molecule has 0 heterocycles. The smallest absolute Gasteiger partial charge is 0.289 e. The van der Waals surface area contributed by atoms with Crippen LogP contribution in [0.1, 0.15) is 29.8 Å². The van der Waals surface area contributed by atoms with Crippen LogP contribution in [0.5, 0.6) is 0 Å². The van der Waals surface area contributed by atoms with Crippen molar-refractivity contribution in [3.63, 3.8) is 0 Å². The Kier molecular flexibility index (Phi) is 3.44. The maximum atomic E-state index is 11.3. The summed E-state index contributed by atoms with van der Waals surface area (Å²) in [6.07, 6.45) is 0. The fraction of sp³-hybridized carbons (Fsp3) is 0.333. The highest BCUT2D eigenvalue weighted by Crippen LogP contribution is 2.22. The number of carbonyl (C=O) groups is 2. The van der Waals surface area contributed by atoms with Crippen LogP contribution in [0.25, 0.3) is 0 Å². The number of rotatable bonds is 4. The highest BCUT2D eigenvalue weighted by Gasteiger charge is 2.20. The number of amides is 1. The van der Waals surface area contributed by atoms with E-state index in [0.29, 0.717) is 0 Å². The van der Waals surface area contributed by atoms with Gasteiger partial charge in [-0.2, -0.15) is 0 Å². The van der Waals surface area contributed by atoms with E-state index in [4.69, 9.17) is 5.73 Å². The molecule has 4 heteroatoms. The highest BCUT2D eigenvalue weighted by atomic mass is 16.3. The van der Waals surface area contributed by atoms with E-state index >= 15 is 0 Å². The molecule has 0 saturated heterocycles. The summed E-state index contributed by atoms with van der Waals surface area (Å²) in [4.78, 5) is 21.9. The van der Waals surface area contributed by atoms with Gasteiger partial charge in [-0.15, -0.1) is 0 Å². The van der Waals surface area contributed by atoms with Gasteiger partial charge in [0.05, 0.1) is 6.61 Å². The standard InChI is InChI=1S/C12H15NO3/c1-12(2,7-14)9-5-3-8(4-6-9)10(15)11(13)16/h3-6,14H,7H2,1-2H3,(H2,13,16). The van der Waals surface area contributed by atoms with Crippen molar-refractivity contribution in [2.45, 2.75) is 19.3 Å². The average molecular weight is 221 g/mol. The number of nitrogens with two attached hydrogens (primary N) is 1. The molecule has 0 bridgehead atoms. The maximum Gasteiger partial charge on any atom is 0.289 e. The van der Waals surface area contributed by atoms with Crippen LogP contribution in [0.3, 0.4) is 0 Å². The molecule has 0 aromatic heterocycles. The number of aliphatic hydroxyl groups excluding tert-OH is 1. The molecule has 4 nitrogen and oxygen atoms in total. The molecular weight excluding hydrogens is 206 g/mol. The first-order valence-electron chi connectivity index (χ1n) is 4.94. The first-order valence-corrected chi connectivity index (χ1v) is 4.94. The summed E-state index contributed by atoms with van der Waals surface area (Å²) in [5.41, 5.74) is 5.69. The molecule has 86 valence electrons. The fourth-order valence-electron chi connectivity index (χ4n) is 1.31. The first kappa shape index (κ1) is 12.4. The van der Waals surface area contributed by atoms with Crippen LogP contribution in [0, 0.1) is 0 Å². The normalized spacial score (nSPS) is 11.2. The van der Waals surface area contributed by atoms with Crippen LogP contribution < -0.4 is 5.73 Å². The molecule has 1 aromatic carbocycles. The molecule has 3 N–H and O–H groups in total. The van der Waals surface area contributed by atoms with Crippen LogP contribution in [-0.2, 0) is 10.2 Å². The largest absolute Gasteiger partial charge is 0.395 e. The molecule has 0 fully saturated rings. The summed E-state index contributed by atoms with van der Waals surface area (Å²) in [7, 11) is 0. The third-order valence-corrected chi connectivity index (χ3v) is 2.55. The highest BCUT2D eigenvalue weighted by molar-refractivity contribution is 6.42. The van der Waals surface area contributed by atoms with Crippen molar-refractivity contribution >= 4 is 11.7 Å². The van der Waals surface area contributed by atoms with E-state index in [0.717, 1.165) is 5.56 Å². The second kappa shape index (κ2) is 4.45. The molecule has 0 aliphatic rings. The fourth-order valence-corrected chi connectivity index (χ4v) is 1.31. The lowest BCUT2D eigenvalue weighted by atomic mass is 9.85. The lowest BCUT2D eigenvalue weighted by Crippen LogP contribution is -2.24. The number of benzene rings is 1. The molecule has 0 saturated carbocycles. The molecule has 0 radical (unpaired) electrons. The second-order valence-electron chi connectivity index (χ2n) is 4.31. The molecular formula is C12H15NO3. The minimum atomic E-state index is -0.964. The topological polar surface area (TPSA) is 80.4 Å². The van der Waals surface area contributed by atoms with Crippen LogP contribution in [0.15, 0.2) is 24.3 Å². The molecule has 1 aromatic rings. The van der Waals surface area contributed by atoms with E-state index in [1.807, 2.05) is 13.8 Å². The molecule has 0 atom stereocenters. The van der Waals surface area contributed by atoms with Gasteiger partial charge in [0.2, 0.25) is 5.78 Å². The van der Waals surface area contributed by atoms with E-state index in [2.05, 4.69) is 0 Å². The molecule has 0 aliphatic heterocycles. The van der Waals surface area contributed by atoms with Crippen molar-refractivity contribution in [1.29, 1.82) is 0 Å². The van der Waals surface area contributed by atoms with Gasteiger partial charge in [0.25, 0.3) is 5.91 Å². The third-order valence-electron chi connectivity index (χ3n) is 2.55.